The highest BCUT2D eigenvalue weighted by atomic mass is 19.1. The number of aliphatic hydroxyl groups is 1. The van der Waals surface area contributed by atoms with E-state index in [4.69, 9.17) is 5.11 Å². The third-order valence-electron chi connectivity index (χ3n) is 2.88. The minimum atomic E-state index is -1.17. The van der Waals surface area contributed by atoms with Crippen LogP contribution < -0.4 is 0 Å². The van der Waals surface area contributed by atoms with E-state index in [0.717, 1.165) is 18.2 Å². The van der Waals surface area contributed by atoms with E-state index >= 15 is 0 Å². The van der Waals surface area contributed by atoms with Gasteiger partial charge in [0.15, 0.2) is 0 Å². The molecule has 0 bridgehead atoms. The van der Waals surface area contributed by atoms with Crippen molar-refractivity contribution in [1.82, 2.24) is 4.90 Å². The molecule has 0 aliphatic carbocycles. The molecule has 1 amide bonds. The number of rotatable bonds is 6. The molecule has 0 spiro atoms. The smallest absolute Gasteiger partial charge is 0.328 e. The Morgan fingerprint density at radius 1 is 1.43 bits per heavy atom. The summed E-state index contributed by atoms with van der Waals surface area (Å²) in [5.41, 5.74) is 0.272. The minimum Gasteiger partial charge on any atom is -0.478 e. The molecule has 0 aliphatic rings. The lowest BCUT2D eigenvalue weighted by atomic mass is 10.1. The Bertz CT molecular complexity index is 555. The molecule has 6 heteroatoms. The van der Waals surface area contributed by atoms with Gasteiger partial charge in [-0.05, 0) is 31.6 Å². The van der Waals surface area contributed by atoms with Crippen LogP contribution >= 0.6 is 0 Å². The summed E-state index contributed by atoms with van der Waals surface area (Å²) in [6.45, 7) is 1.99. The first-order valence-electron chi connectivity index (χ1n) is 6.45. The molecule has 1 atom stereocenters. The Morgan fingerprint density at radius 2 is 2.10 bits per heavy atom. The number of aliphatic carboxylic acids is 1. The normalized spacial score (nSPS) is 12.4. The fourth-order valence-corrected chi connectivity index (χ4v) is 1.66. The van der Waals surface area contributed by atoms with Gasteiger partial charge >= 0.3 is 5.97 Å². The van der Waals surface area contributed by atoms with Gasteiger partial charge < -0.3 is 15.1 Å². The second kappa shape index (κ2) is 7.54. The predicted molar refractivity (Wildman–Crippen MR) is 76.3 cm³/mol. The van der Waals surface area contributed by atoms with Gasteiger partial charge in [-0.15, -0.1) is 0 Å². The largest absolute Gasteiger partial charge is 0.478 e. The average molecular weight is 295 g/mol. The maximum absolute atomic E-state index is 13.8. The highest BCUT2D eigenvalue weighted by molar-refractivity contribution is 5.94. The third kappa shape index (κ3) is 5.35. The Hall–Kier alpha value is -2.21. The SMILES string of the molecule is CC(O)CCN(C)C(=O)c1ccc(/C=C/C(=O)O)c(F)c1. The van der Waals surface area contributed by atoms with Crippen LogP contribution in [0.2, 0.25) is 0 Å². The lowest BCUT2D eigenvalue weighted by Gasteiger charge is -2.18. The number of benzene rings is 1. The van der Waals surface area contributed by atoms with Gasteiger partial charge in [0.2, 0.25) is 0 Å². The van der Waals surface area contributed by atoms with Gasteiger partial charge in [0.05, 0.1) is 6.10 Å². The molecule has 114 valence electrons. The number of amides is 1. The first-order chi connectivity index (χ1) is 9.81. The number of halogens is 1. The standard InChI is InChI=1S/C15H18FNO4/c1-10(18)7-8-17(2)15(21)12-4-3-11(13(16)9-12)5-6-14(19)20/h3-6,9-10,18H,7-8H2,1-2H3,(H,19,20)/b6-5+. The summed E-state index contributed by atoms with van der Waals surface area (Å²) in [5, 5.41) is 17.7. The van der Waals surface area contributed by atoms with E-state index in [1.54, 1.807) is 14.0 Å². The van der Waals surface area contributed by atoms with Crippen LogP contribution in [0.3, 0.4) is 0 Å². The van der Waals surface area contributed by atoms with Crippen molar-refractivity contribution in [3.8, 4) is 0 Å². The monoisotopic (exact) mass is 295 g/mol. The molecule has 0 radical (unpaired) electrons. The molecule has 2 N–H and O–H groups in total. The van der Waals surface area contributed by atoms with Crippen molar-refractivity contribution >= 4 is 18.0 Å². The van der Waals surface area contributed by atoms with Crippen LogP contribution in [0.1, 0.15) is 29.3 Å². The number of carboxylic acids is 1. The second-order valence-corrected chi connectivity index (χ2v) is 4.77. The number of carbonyl (C=O) groups excluding carboxylic acids is 1. The zero-order valence-electron chi connectivity index (χ0n) is 11.9. The number of aliphatic hydroxyl groups excluding tert-OH is 1. The fourth-order valence-electron chi connectivity index (χ4n) is 1.66. The maximum atomic E-state index is 13.8. The number of hydrogen-bond acceptors (Lipinski definition) is 3. The van der Waals surface area contributed by atoms with Crippen molar-refractivity contribution in [1.29, 1.82) is 0 Å². The molecule has 1 unspecified atom stereocenters. The average Bonchev–Trinajstić information content (AvgIpc) is 2.42. The topological polar surface area (TPSA) is 77.8 Å². The van der Waals surface area contributed by atoms with Crippen molar-refractivity contribution in [2.24, 2.45) is 0 Å². The van der Waals surface area contributed by atoms with Gasteiger partial charge in [0.25, 0.3) is 5.91 Å². The molecule has 0 saturated carbocycles. The van der Waals surface area contributed by atoms with Crippen LogP contribution in [0.25, 0.3) is 6.08 Å². The molecule has 1 rings (SSSR count). The van der Waals surface area contributed by atoms with Crippen LogP contribution in [0.15, 0.2) is 24.3 Å². The highest BCUT2D eigenvalue weighted by Crippen LogP contribution is 2.14. The first kappa shape index (κ1) is 16.8. The van der Waals surface area contributed by atoms with E-state index in [1.807, 2.05) is 0 Å². The van der Waals surface area contributed by atoms with Gasteiger partial charge in [-0.2, -0.15) is 0 Å². The quantitative estimate of drug-likeness (QED) is 0.784. The van der Waals surface area contributed by atoms with Gasteiger partial charge in [-0.25, -0.2) is 9.18 Å². The molecule has 0 heterocycles. The lowest BCUT2D eigenvalue weighted by Crippen LogP contribution is -2.29. The summed E-state index contributed by atoms with van der Waals surface area (Å²) in [6.07, 6.45) is 1.88. The fraction of sp³-hybridized carbons (Fsp3) is 0.333. The molecule has 0 aliphatic heterocycles. The Balaban J connectivity index is 2.83. The maximum Gasteiger partial charge on any atom is 0.328 e. The Kier molecular flexibility index (Phi) is 6.05. The van der Waals surface area contributed by atoms with Gasteiger partial charge in [0, 0.05) is 30.8 Å². The zero-order valence-corrected chi connectivity index (χ0v) is 11.9. The van der Waals surface area contributed by atoms with Crippen molar-refractivity contribution in [3.05, 3.63) is 41.2 Å². The van der Waals surface area contributed by atoms with Gasteiger partial charge in [-0.1, -0.05) is 6.07 Å². The molecule has 21 heavy (non-hydrogen) atoms. The van der Waals surface area contributed by atoms with Crippen LogP contribution in [-0.2, 0) is 4.79 Å². The second-order valence-electron chi connectivity index (χ2n) is 4.77. The minimum absolute atomic E-state index is 0.0978. The van der Waals surface area contributed by atoms with E-state index in [1.165, 1.54) is 17.0 Å². The number of hydrogen-bond donors (Lipinski definition) is 2. The number of nitrogens with zero attached hydrogens (tertiary/aromatic N) is 1. The van der Waals surface area contributed by atoms with Crippen LogP contribution in [0, 0.1) is 5.82 Å². The number of carbonyl (C=O) groups is 2. The van der Waals surface area contributed by atoms with E-state index in [2.05, 4.69) is 0 Å². The van der Waals surface area contributed by atoms with Crippen molar-refractivity contribution in [2.75, 3.05) is 13.6 Å². The summed E-state index contributed by atoms with van der Waals surface area (Å²) in [7, 11) is 1.57. The van der Waals surface area contributed by atoms with Crippen molar-refractivity contribution < 1.29 is 24.2 Å². The predicted octanol–water partition coefficient (Wildman–Crippen LogP) is 1.77. The highest BCUT2D eigenvalue weighted by Gasteiger charge is 2.14. The summed E-state index contributed by atoms with van der Waals surface area (Å²) in [6, 6.07) is 3.86. The molecular formula is C15H18FNO4. The van der Waals surface area contributed by atoms with Gasteiger partial charge in [0.1, 0.15) is 5.82 Å². The Morgan fingerprint density at radius 3 is 2.62 bits per heavy atom. The van der Waals surface area contributed by atoms with Crippen LogP contribution in [0.4, 0.5) is 4.39 Å². The van der Waals surface area contributed by atoms with E-state index in [9.17, 15) is 19.1 Å². The molecule has 0 saturated heterocycles. The summed E-state index contributed by atoms with van der Waals surface area (Å²) < 4.78 is 13.8. The third-order valence-corrected chi connectivity index (χ3v) is 2.88. The first-order valence-corrected chi connectivity index (χ1v) is 6.45. The summed E-state index contributed by atoms with van der Waals surface area (Å²) in [5.74, 6) is -2.20. The summed E-state index contributed by atoms with van der Waals surface area (Å²) in [4.78, 5) is 23.8. The zero-order chi connectivity index (χ0) is 16.0. The van der Waals surface area contributed by atoms with E-state index in [-0.39, 0.29) is 17.0 Å². The molecule has 1 aromatic carbocycles. The molecular weight excluding hydrogens is 277 g/mol. The molecule has 0 fully saturated rings. The van der Waals surface area contributed by atoms with Crippen LogP contribution in [0.5, 0.6) is 0 Å². The van der Waals surface area contributed by atoms with Gasteiger partial charge in [-0.3, -0.25) is 4.79 Å². The van der Waals surface area contributed by atoms with Crippen molar-refractivity contribution in [2.45, 2.75) is 19.4 Å². The molecule has 5 nitrogen and oxygen atoms in total. The van der Waals surface area contributed by atoms with E-state index < -0.39 is 17.9 Å². The number of carboxylic acid groups (broad SMARTS) is 1. The molecule has 1 aromatic rings. The van der Waals surface area contributed by atoms with Crippen LogP contribution in [-0.4, -0.2) is 46.7 Å². The molecule has 0 aromatic heterocycles. The van der Waals surface area contributed by atoms with Crippen molar-refractivity contribution in [3.63, 3.8) is 0 Å². The lowest BCUT2D eigenvalue weighted by molar-refractivity contribution is -0.131. The van der Waals surface area contributed by atoms with E-state index in [0.29, 0.717) is 13.0 Å². The summed E-state index contributed by atoms with van der Waals surface area (Å²) >= 11 is 0. The Labute approximate surface area is 122 Å².